The summed E-state index contributed by atoms with van der Waals surface area (Å²) in [4.78, 5) is 16.8. The maximum atomic E-state index is 12.6. The number of carbonyl (C=O) groups is 1. The van der Waals surface area contributed by atoms with E-state index in [-0.39, 0.29) is 17.7 Å². The molecule has 0 radical (unpaired) electrons. The largest absolute Gasteiger partial charge is 0.339 e. The van der Waals surface area contributed by atoms with E-state index < -0.39 is 9.84 Å². The molecule has 0 N–H and O–H groups in total. The van der Waals surface area contributed by atoms with E-state index >= 15 is 0 Å². The molecular formula is C18H23N3O3S. The monoisotopic (exact) mass is 361 g/mol. The van der Waals surface area contributed by atoms with Crippen LogP contribution < -0.4 is 0 Å². The predicted octanol–water partition coefficient (Wildman–Crippen LogP) is 0.973. The molecule has 1 atom stereocenters. The Kier molecular flexibility index (Phi) is 4.29. The van der Waals surface area contributed by atoms with Crippen molar-refractivity contribution >= 4 is 26.6 Å². The average Bonchev–Trinajstić information content (AvgIpc) is 3.18. The molecule has 1 amide bonds. The normalized spacial score (nSPS) is 24.0. The third kappa shape index (κ3) is 3.43. The van der Waals surface area contributed by atoms with Crippen molar-refractivity contribution < 1.29 is 13.2 Å². The highest BCUT2D eigenvalue weighted by Gasteiger charge is 2.34. The van der Waals surface area contributed by atoms with Crippen LogP contribution in [0.25, 0.3) is 10.9 Å². The number of sulfone groups is 1. The van der Waals surface area contributed by atoms with Gasteiger partial charge in [-0.25, -0.2) is 8.42 Å². The van der Waals surface area contributed by atoms with Crippen LogP contribution in [0.2, 0.25) is 0 Å². The van der Waals surface area contributed by atoms with E-state index in [1.54, 1.807) is 0 Å². The van der Waals surface area contributed by atoms with Crippen LogP contribution in [0.3, 0.4) is 0 Å². The number of para-hydroxylation sites is 1. The molecule has 2 saturated heterocycles. The zero-order chi connectivity index (χ0) is 17.4. The Bertz CT molecular complexity index is 882. The standard InChI is InChI=1S/C18H23N3O3S/c22-18(13-21-7-5-15-3-1-2-4-17(15)21)20-10-8-19(9-11-20)16-6-12-25(23,24)14-16/h1-5,7,16H,6,8-14H2. The molecule has 0 spiro atoms. The lowest BCUT2D eigenvalue weighted by atomic mass is 10.2. The molecule has 0 aliphatic carbocycles. The molecule has 7 heteroatoms. The van der Waals surface area contributed by atoms with Gasteiger partial charge in [0.1, 0.15) is 6.54 Å². The van der Waals surface area contributed by atoms with E-state index in [0.29, 0.717) is 25.4 Å². The van der Waals surface area contributed by atoms with Gasteiger partial charge in [-0.15, -0.1) is 0 Å². The number of amides is 1. The molecule has 2 aliphatic heterocycles. The van der Waals surface area contributed by atoms with Gasteiger partial charge >= 0.3 is 0 Å². The topological polar surface area (TPSA) is 62.6 Å². The fraction of sp³-hybridized carbons (Fsp3) is 0.500. The Morgan fingerprint density at radius 3 is 2.56 bits per heavy atom. The summed E-state index contributed by atoms with van der Waals surface area (Å²) < 4.78 is 25.3. The molecule has 0 saturated carbocycles. The third-order valence-corrected chi connectivity index (χ3v) is 7.13. The summed E-state index contributed by atoms with van der Waals surface area (Å²) in [7, 11) is -2.86. The second-order valence-corrected chi connectivity index (χ2v) is 9.20. The number of aromatic nitrogens is 1. The fourth-order valence-corrected chi connectivity index (χ4v) is 5.69. The summed E-state index contributed by atoms with van der Waals surface area (Å²) in [6.45, 7) is 3.23. The van der Waals surface area contributed by atoms with Crippen LogP contribution >= 0.6 is 0 Å². The Morgan fingerprint density at radius 2 is 1.84 bits per heavy atom. The molecule has 0 bridgehead atoms. The van der Waals surface area contributed by atoms with Crippen LogP contribution in [0, 0.1) is 0 Å². The number of fused-ring (bicyclic) bond motifs is 1. The van der Waals surface area contributed by atoms with Crippen molar-refractivity contribution in [1.29, 1.82) is 0 Å². The van der Waals surface area contributed by atoms with Crippen molar-refractivity contribution in [2.24, 2.45) is 0 Å². The molecule has 2 fully saturated rings. The number of benzene rings is 1. The predicted molar refractivity (Wildman–Crippen MR) is 97.1 cm³/mol. The summed E-state index contributed by atoms with van der Waals surface area (Å²) in [5.74, 6) is 0.702. The van der Waals surface area contributed by atoms with Gasteiger partial charge in [0.2, 0.25) is 5.91 Å². The molecule has 6 nitrogen and oxygen atoms in total. The number of nitrogens with zero attached hydrogens (tertiary/aromatic N) is 3. The van der Waals surface area contributed by atoms with Crippen molar-refractivity contribution in [2.45, 2.75) is 19.0 Å². The van der Waals surface area contributed by atoms with Gasteiger partial charge in [-0.1, -0.05) is 18.2 Å². The minimum Gasteiger partial charge on any atom is -0.339 e. The quantitative estimate of drug-likeness (QED) is 0.817. The minimum absolute atomic E-state index is 0.125. The Morgan fingerprint density at radius 1 is 1.08 bits per heavy atom. The van der Waals surface area contributed by atoms with Crippen LogP contribution in [0.4, 0.5) is 0 Å². The highest BCUT2D eigenvalue weighted by molar-refractivity contribution is 7.91. The summed E-state index contributed by atoms with van der Waals surface area (Å²) in [6.07, 6.45) is 2.69. The molecule has 1 aromatic heterocycles. The van der Waals surface area contributed by atoms with E-state index in [2.05, 4.69) is 4.90 Å². The molecule has 3 heterocycles. The van der Waals surface area contributed by atoms with Gasteiger partial charge in [-0.3, -0.25) is 9.69 Å². The Balaban J connectivity index is 1.35. The second-order valence-electron chi connectivity index (χ2n) is 6.98. The first-order chi connectivity index (χ1) is 12.0. The third-order valence-electron chi connectivity index (χ3n) is 5.38. The van der Waals surface area contributed by atoms with Crippen molar-refractivity contribution in [3.63, 3.8) is 0 Å². The lowest BCUT2D eigenvalue weighted by molar-refractivity contribution is -0.133. The molecule has 1 aromatic carbocycles. The zero-order valence-corrected chi connectivity index (χ0v) is 15.0. The maximum Gasteiger partial charge on any atom is 0.242 e. The summed E-state index contributed by atoms with van der Waals surface area (Å²) in [5.41, 5.74) is 1.07. The van der Waals surface area contributed by atoms with Gasteiger partial charge in [0.25, 0.3) is 0 Å². The molecular weight excluding hydrogens is 338 g/mol. The first-order valence-corrected chi connectivity index (χ1v) is 10.6. The summed E-state index contributed by atoms with van der Waals surface area (Å²) >= 11 is 0. The van der Waals surface area contributed by atoms with E-state index in [1.165, 1.54) is 0 Å². The lowest BCUT2D eigenvalue weighted by Gasteiger charge is -2.37. The van der Waals surface area contributed by atoms with Gasteiger partial charge in [0.15, 0.2) is 9.84 Å². The van der Waals surface area contributed by atoms with Gasteiger partial charge in [0, 0.05) is 43.9 Å². The zero-order valence-electron chi connectivity index (χ0n) is 14.2. The molecule has 2 aliphatic rings. The molecule has 2 aromatic rings. The summed E-state index contributed by atoms with van der Waals surface area (Å²) in [5, 5.41) is 1.14. The van der Waals surface area contributed by atoms with Crippen LogP contribution in [0.15, 0.2) is 36.5 Å². The van der Waals surface area contributed by atoms with E-state index in [4.69, 9.17) is 0 Å². The van der Waals surface area contributed by atoms with Crippen molar-refractivity contribution in [3.05, 3.63) is 36.5 Å². The first-order valence-electron chi connectivity index (χ1n) is 8.78. The minimum atomic E-state index is -2.86. The van der Waals surface area contributed by atoms with Gasteiger partial charge in [-0.2, -0.15) is 0 Å². The van der Waals surface area contributed by atoms with Crippen LogP contribution in [0.5, 0.6) is 0 Å². The number of rotatable bonds is 3. The van der Waals surface area contributed by atoms with Crippen LogP contribution in [-0.4, -0.2) is 72.4 Å². The SMILES string of the molecule is O=C(Cn1ccc2ccccc21)N1CCN(C2CCS(=O)(=O)C2)CC1. The number of hydrogen-bond donors (Lipinski definition) is 0. The van der Waals surface area contributed by atoms with Gasteiger partial charge in [-0.05, 0) is 23.9 Å². The highest BCUT2D eigenvalue weighted by Crippen LogP contribution is 2.20. The number of piperazine rings is 1. The summed E-state index contributed by atoms with van der Waals surface area (Å²) in [6, 6.07) is 10.2. The van der Waals surface area contributed by atoms with E-state index in [0.717, 1.165) is 30.4 Å². The van der Waals surface area contributed by atoms with E-state index in [9.17, 15) is 13.2 Å². The number of hydrogen-bond acceptors (Lipinski definition) is 4. The smallest absolute Gasteiger partial charge is 0.242 e. The first kappa shape index (κ1) is 16.6. The molecule has 1 unspecified atom stereocenters. The highest BCUT2D eigenvalue weighted by atomic mass is 32.2. The average molecular weight is 361 g/mol. The van der Waals surface area contributed by atoms with Crippen molar-refractivity contribution in [3.8, 4) is 0 Å². The fourth-order valence-electron chi connectivity index (χ4n) is 3.92. The molecule has 134 valence electrons. The Labute approximate surface area is 147 Å². The Hall–Kier alpha value is -1.86. The van der Waals surface area contributed by atoms with Gasteiger partial charge in [0.05, 0.1) is 11.5 Å². The van der Waals surface area contributed by atoms with Crippen LogP contribution in [0.1, 0.15) is 6.42 Å². The lowest BCUT2D eigenvalue weighted by Crippen LogP contribution is -2.52. The van der Waals surface area contributed by atoms with Crippen molar-refractivity contribution in [2.75, 3.05) is 37.7 Å². The van der Waals surface area contributed by atoms with E-state index in [1.807, 2.05) is 46.0 Å². The van der Waals surface area contributed by atoms with Crippen molar-refractivity contribution in [1.82, 2.24) is 14.4 Å². The number of carbonyl (C=O) groups excluding carboxylic acids is 1. The molecule has 4 rings (SSSR count). The molecule has 25 heavy (non-hydrogen) atoms. The van der Waals surface area contributed by atoms with Crippen LogP contribution in [-0.2, 0) is 21.2 Å². The second kappa shape index (κ2) is 6.46. The maximum absolute atomic E-state index is 12.6. The van der Waals surface area contributed by atoms with Gasteiger partial charge < -0.3 is 9.47 Å².